The van der Waals surface area contributed by atoms with Crippen molar-refractivity contribution in [2.45, 2.75) is 19.4 Å². The Bertz CT molecular complexity index is 573. The molecule has 0 radical (unpaired) electrons. The average Bonchev–Trinajstić information content (AvgIpc) is 2.76. The molecule has 1 heterocycles. The molecule has 0 saturated carbocycles. The number of aliphatic carboxylic acids is 1. The lowest BCUT2D eigenvalue weighted by Crippen LogP contribution is -2.29. The highest BCUT2D eigenvalue weighted by atomic mass is 19.1. The van der Waals surface area contributed by atoms with Crippen LogP contribution in [0.5, 0.6) is 0 Å². The van der Waals surface area contributed by atoms with Crippen LogP contribution in [0, 0.1) is 18.6 Å². The molecule has 2 N–H and O–H groups in total. The molecule has 0 saturated heterocycles. The van der Waals surface area contributed by atoms with E-state index in [0.29, 0.717) is 5.56 Å². The van der Waals surface area contributed by atoms with E-state index >= 15 is 0 Å². The highest BCUT2D eigenvalue weighted by Crippen LogP contribution is 2.23. The third-order valence-electron chi connectivity index (χ3n) is 2.89. The third-order valence-corrected chi connectivity index (χ3v) is 2.89. The summed E-state index contributed by atoms with van der Waals surface area (Å²) in [6.45, 7) is 1.51. The zero-order chi connectivity index (χ0) is 14.2. The van der Waals surface area contributed by atoms with Crippen molar-refractivity contribution in [3.8, 4) is 0 Å². The fraction of sp³-hybridized carbons (Fsp3) is 0.231. The highest BCUT2D eigenvalue weighted by molar-refractivity contribution is 6.09. The van der Waals surface area contributed by atoms with Gasteiger partial charge in [0.25, 0.3) is 0 Å². The number of carboxylic acids is 1. The standard InChI is InChI=1S/C13H11F2NO3/c1-6-2-8(14)11(9(15)3-6)12(17)7-4-10(13(18)19)16-5-7/h2-3,5,10,16H,4H2,1H3,(H,18,19). The SMILES string of the molecule is Cc1cc(F)c(C(=O)C2=CNC(C(=O)O)C2)c(F)c1. The number of halogens is 2. The van der Waals surface area contributed by atoms with E-state index in [4.69, 9.17) is 5.11 Å². The van der Waals surface area contributed by atoms with Crippen molar-refractivity contribution >= 4 is 11.8 Å². The normalized spacial score (nSPS) is 17.8. The monoisotopic (exact) mass is 267 g/mol. The van der Waals surface area contributed by atoms with Crippen LogP contribution in [0.4, 0.5) is 8.78 Å². The number of hydrogen-bond donors (Lipinski definition) is 2. The van der Waals surface area contributed by atoms with Gasteiger partial charge in [-0.05, 0) is 24.6 Å². The Kier molecular flexibility index (Phi) is 3.33. The van der Waals surface area contributed by atoms with Crippen LogP contribution in [0.15, 0.2) is 23.9 Å². The van der Waals surface area contributed by atoms with Crippen LogP contribution in [-0.4, -0.2) is 22.9 Å². The summed E-state index contributed by atoms with van der Waals surface area (Å²) >= 11 is 0. The molecule has 0 fully saturated rings. The number of Topliss-reactive ketones (excluding diaryl/α,β-unsaturated/α-hetero) is 1. The van der Waals surface area contributed by atoms with Gasteiger partial charge in [0.05, 0.1) is 5.56 Å². The van der Waals surface area contributed by atoms with Gasteiger partial charge in [0, 0.05) is 18.2 Å². The lowest BCUT2D eigenvalue weighted by atomic mass is 9.99. The van der Waals surface area contributed by atoms with Crippen molar-refractivity contribution in [3.63, 3.8) is 0 Å². The van der Waals surface area contributed by atoms with Gasteiger partial charge in [-0.25, -0.2) is 13.6 Å². The van der Waals surface area contributed by atoms with Crippen LogP contribution in [0.1, 0.15) is 22.3 Å². The minimum Gasteiger partial charge on any atom is -0.480 e. The molecule has 0 amide bonds. The Hall–Kier alpha value is -2.24. The number of carbonyl (C=O) groups excluding carboxylic acids is 1. The van der Waals surface area contributed by atoms with Crippen LogP contribution in [0.3, 0.4) is 0 Å². The minimum absolute atomic E-state index is 0.0500. The number of benzene rings is 1. The van der Waals surface area contributed by atoms with E-state index in [1.54, 1.807) is 0 Å². The maximum atomic E-state index is 13.6. The number of hydrogen-bond acceptors (Lipinski definition) is 3. The molecule has 1 atom stereocenters. The van der Waals surface area contributed by atoms with Crippen LogP contribution < -0.4 is 5.32 Å². The van der Waals surface area contributed by atoms with Crippen molar-refractivity contribution in [2.75, 3.05) is 0 Å². The van der Waals surface area contributed by atoms with Crippen LogP contribution in [0.25, 0.3) is 0 Å². The number of aryl methyl sites for hydroxylation is 1. The fourth-order valence-electron chi connectivity index (χ4n) is 1.93. The molecule has 0 aliphatic carbocycles. The highest BCUT2D eigenvalue weighted by Gasteiger charge is 2.29. The van der Waals surface area contributed by atoms with Gasteiger partial charge in [-0.3, -0.25) is 4.79 Å². The van der Waals surface area contributed by atoms with Crippen molar-refractivity contribution in [2.24, 2.45) is 0 Å². The molecule has 6 heteroatoms. The van der Waals surface area contributed by atoms with Crippen molar-refractivity contribution < 1.29 is 23.5 Å². The average molecular weight is 267 g/mol. The molecule has 1 aromatic carbocycles. The fourth-order valence-corrected chi connectivity index (χ4v) is 1.93. The van der Waals surface area contributed by atoms with E-state index < -0.39 is 35.0 Å². The summed E-state index contributed by atoms with van der Waals surface area (Å²) in [4.78, 5) is 22.7. The molecular weight excluding hydrogens is 256 g/mol. The first-order valence-electron chi connectivity index (χ1n) is 5.58. The minimum atomic E-state index is -1.12. The largest absolute Gasteiger partial charge is 0.480 e. The van der Waals surface area contributed by atoms with Crippen LogP contribution in [-0.2, 0) is 4.79 Å². The second-order valence-corrected chi connectivity index (χ2v) is 4.36. The van der Waals surface area contributed by atoms with Gasteiger partial charge < -0.3 is 10.4 Å². The first-order chi connectivity index (χ1) is 8.90. The number of ketones is 1. The second-order valence-electron chi connectivity index (χ2n) is 4.36. The molecule has 4 nitrogen and oxygen atoms in total. The smallest absolute Gasteiger partial charge is 0.326 e. The van der Waals surface area contributed by atoms with Gasteiger partial charge in [0.1, 0.15) is 17.7 Å². The van der Waals surface area contributed by atoms with Gasteiger partial charge in [0.2, 0.25) is 0 Å². The predicted molar refractivity (Wildman–Crippen MR) is 62.7 cm³/mol. The molecule has 0 spiro atoms. The summed E-state index contributed by atoms with van der Waals surface area (Å²) < 4.78 is 27.3. The molecule has 100 valence electrons. The Morgan fingerprint density at radius 2 is 1.89 bits per heavy atom. The van der Waals surface area contributed by atoms with E-state index in [9.17, 15) is 18.4 Å². The second kappa shape index (κ2) is 4.79. The topological polar surface area (TPSA) is 66.4 Å². The Morgan fingerprint density at radius 1 is 1.32 bits per heavy atom. The molecule has 1 aromatic rings. The summed E-state index contributed by atoms with van der Waals surface area (Å²) in [5.74, 6) is -3.83. The summed E-state index contributed by atoms with van der Waals surface area (Å²) in [5.41, 5.74) is -0.229. The lowest BCUT2D eigenvalue weighted by molar-refractivity contribution is -0.138. The maximum absolute atomic E-state index is 13.6. The molecule has 0 aromatic heterocycles. The van der Waals surface area contributed by atoms with E-state index in [1.807, 2.05) is 0 Å². The van der Waals surface area contributed by atoms with Gasteiger partial charge >= 0.3 is 5.97 Å². The van der Waals surface area contributed by atoms with Gasteiger partial charge in [-0.1, -0.05) is 0 Å². The molecular formula is C13H11F2NO3. The van der Waals surface area contributed by atoms with Gasteiger partial charge in [0.15, 0.2) is 5.78 Å². The Balaban J connectivity index is 2.30. The molecule has 1 unspecified atom stereocenters. The Morgan fingerprint density at radius 3 is 2.37 bits per heavy atom. The molecule has 19 heavy (non-hydrogen) atoms. The summed E-state index contributed by atoms with van der Waals surface area (Å²) in [5, 5.41) is 11.3. The first kappa shape index (κ1) is 13.2. The molecule has 1 aliphatic rings. The quantitative estimate of drug-likeness (QED) is 0.819. The van der Waals surface area contributed by atoms with E-state index in [2.05, 4.69) is 5.32 Å². The van der Waals surface area contributed by atoms with Crippen molar-refractivity contribution in [1.82, 2.24) is 5.32 Å². The summed E-state index contributed by atoms with van der Waals surface area (Å²) in [6, 6.07) is 1.19. The van der Waals surface area contributed by atoms with Gasteiger partial charge in [-0.2, -0.15) is 0 Å². The first-order valence-corrected chi connectivity index (χ1v) is 5.58. The van der Waals surface area contributed by atoms with Gasteiger partial charge in [-0.15, -0.1) is 0 Å². The van der Waals surface area contributed by atoms with Crippen molar-refractivity contribution in [1.29, 1.82) is 0 Å². The van der Waals surface area contributed by atoms with Crippen molar-refractivity contribution in [3.05, 3.63) is 46.7 Å². The third kappa shape index (κ3) is 2.47. The molecule has 2 rings (SSSR count). The van der Waals surface area contributed by atoms with E-state index in [0.717, 1.165) is 12.1 Å². The molecule has 1 aliphatic heterocycles. The van der Waals surface area contributed by atoms with Crippen LogP contribution in [0.2, 0.25) is 0 Å². The number of rotatable bonds is 3. The van der Waals surface area contributed by atoms with E-state index in [1.165, 1.54) is 13.1 Å². The zero-order valence-electron chi connectivity index (χ0n) is 10.0. The Labute approximate surface area is 107 Å². The summed E-state index contributed by atoms with van der Waals surface area (Å²) in [7, 11) is 0. The predicted octanol–water partition coefficient (Wildman–Crippen LogP) is 1.79. The maximum Gasteiger partial charge on any atom is 0.326 e. The number of nitrogens with one attached hydrogen (secondary N) is 1. The zero-order valence-corrected chi connectivity index (χ0v) is 10.0. The van der Waals surface area contributed by atoms with E-state index in [-0.39, 0.29) is 12.0 Å². The van der Waals surface area contributed by atoms with Crippen LogP contribution >= 0.6 is 0 Å². The number of carboxylic acid groups (broad SMARTS) is 1. The summed E-state index contributed by atoms with van der Waals surface area (Å²) in [6.07, 6.45) is 1.10. The lowest BCUT2D eigenvalue weighted by Gasteiger charge is -2.07. The molecule has 0 bridgehead atoms. The number of carbonyl (C=O) groups is 2.